The van der Waals surface area contributed by atoms with Crippen LogP contribution in [0.25, 0.3) is 0 Å². The van der Waals surface area contributed by atoms with E-state index in [1.54, 1.807) is 0 Å². The highest BCUT2D eigenvalue weighted by atomic mass is 14.9. The summed E-state index contributed by atoms with van der Waals surface area (Å²) in [5.41, 5.74) is 2.72. The topological polar surface area (TPSA) is 35.9 Å². The molecule has 0 amide bonds. The molecule has 0 fully saturated rings. The first-order chi connectivity index (χ1) is 6.54. The summed E-state index contributed by atoms with van der Waals surface area (Å²) in [5, 5.41) is 9.47. The third kappa shape index (κ3) is 2.87. The minimum Gasteiger partial charge on any atom is -0.363 e. The molecule has 14 heavy (non-hydrogen) atoms. The molecular weight excluding hydrogens is 172 g/mol. The Morgan fingerprint density at radius 1 is 1.21 bits per heavy atom. The fourth-order valence-electron chi connectivity index (χ4n) is 1.27. The molecule has 1 radical (unpaired) electrons. The Hall–Kier alpha value is -1.31. The van der Waals surface area contributed by atoms with Gasteiger partial charge in [-0.05, 0) is 16.5 Å². The molecule has 0 spiro atoms. The maximum atomic E-state index is 6.73. The lowest BCUT2D eigenvalue weighted by molar-refractivity contribution is 0.590. The molecule has 2 N–H and O–H groups in total. The normalized spacial score (nSPS) is 11.1. The Balaban J connectivity index is 2.73. The molecular formula is C12H17N2. The van der Waals surface area contributed by atoms with Gasteiger partial charge in [0.05, 0.1) is 0 Å². The second kappa shape index (κ2) is 4.27. The molecule has 0 aliphatic carbocycles. The number of benzene rings is 1. The highest BCUT2D eigenvalue weighted by molar-refractivity contribution is 5.49. The molecule has 0 unspecified atom stereocenters. The van der Waals surface area contributed by atoms with Crippen LogP contribution in [0.2, 0.25) is 0 Å². The van der Waals surface area contributed by atoms with E-state index in [-0.39, 0.29) is 5.41 Å². The van der Waals surface area contributed by atoms with Crippen LogP contribution in [0.15, 0.2) is 24.3 Å². The molecule has 0 saturated heterocycles. The molecule has 0 bridgehead atoms. The van der Waals surface area contributed by atoms with Crippen LogP contribution >= 0.6 is 0 Å². The third-order valence-corrected chi connectivity index (χ3v) is 2.20. The van der Waals surface area contributed by atoms with Crippen LogP contribution in [0.4, 0.5) is 0 Å². The molecule has 0 aliphatic heterocycles. The summed E-state index contributed by atoms with van der Waals surface area (Å²) >= 11 is 0. The predicted octanol–water partition coefficient (Wildman–Crippen LogP) is 2.56. The molecule has 0 atom stereocenters. The van der Waals surface area contributed by atoms with Gasteiger partial charge in [-0.25, -0.2) is 0 Å². The van der Waals surface area contributed by atoms with Gasteiger partial charge in [0.2, 0.25) is 0 Å². The molecule has 2 nitrogen and oxygen atoms in total. The highest BCUT2D eigenvalue weighted by Gasteiger charge is 2.12. The predicted molar refractivity (Wildman–Crippen MR) is 59.7 cm³/mol. The van der Waals surface area contributed by atoms with E-state index in [0.717, 1.165) is 0 Å². The number of rotatable bonds is 3. The lowest BCUT2D eigenvalue weighted by atomic mass is 9.87. The summed E-state index contributed by atoms with van der Waals surface area (Å²) in [6, 6.07) is 8.46. The van der Waals surface area contributed by atoms with E-state index in [2.05, 4.69) is 56.7 Å². The quantitative estimate of drug-likeness (QED) is 0.428. The van der Waals surface area contributed by atoms with E-state index < -0.39 is 0 Å². The van der Waals surface area contributed by atoms with Gasteiger partial charge in [-0.1, -0.05) is 45.0 Å². The van der Waals surface area contributed by atoms with Crippen molar-refractivity contribution < 1.29 is 0 Å². The molecule has 0 saturated carbocycles. The van der Waals surface area contributed by atoms with Crippen molar-refractivity contribution >= 4 is 6.34 Å². The zero-order valence-electron chi connectivity index (χ0n) is 9.02. The van der Waals surface area contributed by atoms with Crippen LogP contribution in [-0.2, 0) is 12.0 Å². The van der Waals surface area contributed by atoms with Crippen molar-refractivity contribution in [2.45, 2.75) is 32.7 Å². The van der Waals surface area contributed by atoms with Crippen molar-refractivity contribution in [3.63, 3.8) is 0 Å². The Morgan fingerprint density at radius 2 is 1.79 bits per heavy atom. The van der Waals surface area contributed by atoms with E-state index in [0.29, 0.717) is 6.54 Å². The average Bonchev–Trinajstić information content (AvgIpc) is 2.14. The van der Waals surface area contributed by atoms with Gasteiger partial charge in [0, 0.05) is 6.54 Å². The molecule has 1 aromatic rings. The maximum absolute atomic E-state index is 6.73. The van der Waals surface area contributed by atoms with Crippen molar-refractivity contribution in [3.05, 3.63) is 35.4 Å². The van der Waals surface area contributed by atoms with Gasteiger partial charge >= 0.3 is 0 Å². The third-order valence-electron chi connectivity index (χ3n) is 2.20. The summed E-state index contributed by atoms with van der Waals surface area (Å²) in [4.78, 5) is 0. The van der Waals surface area contributed by atoms with Crippen molar-refractivity contribution in [1.29, 1.82) is 5.41 Å². The number of hydrogen-bond donors (Lipinski definition) is 2. The average molecular weight is 189 g/mol. The fraction of sp³-hybridized carbons (Fsp3) is 0.417. The molecule has 75 valence electrons. The van der Waals surface area contributed by atoms with Crippen LogP contribution in [0.5, 0.6) is 0 Å². The minimum absolute atomic E-state index is 0.208. The lowest BCUT2D eigenvalue weighted by Gasteiger charge is -2.19. The monoisotopic (exact) mass is 189 g/mol. The summed E-state index contributed by atoms with van der Waals surface area (Å²) in [6.07, 6.45) is 2.16. The van der Waals surface area contributed by atoms with Gasteiger partial charge in [-0.15, -0.1) is 0 Å². The van der Waals surface area contributed by atoms with Crippen LogP contribution in [-0.4, -0.2) is 6.34 Å². The van der Waals surface area contributed by atoms with Crippen molar-refractivity contribution in [1.82, 2.24) is 5.32 Å². The van der Waals surface area contributed by atoms with Crippen LogP contribution < -0.4 is 5.32 Å². The van der Waals surface area contributed by atoms with Gasteiger partial charge in [-0.2, -0.15) is 0 Å². The Labute approximate surface area is 85.9 Å². The number of hydrogen-bond acceptors (Lipinski definition) is 1. The fourth-order valence-corrected chi connectivity index (χ4v) is 1.27. The Morgan fingerprint density at radius 3 is 2.21 bits per heavy atom. The standard InChI is InChI=1S/C12H17N2/c1-12(2,3)11-6-4-10(5-7-11)8-14-9-13/h4-7H,8H2,1-3H3,(H2,13,14). The molecule has 2 heteroatoms. The molecule has 0 aromatic heterocycles. The van der Waals surface area contributed by atoms with Crippen molar-refractivity contribution in [2.24, 2.45) is 0 Å². The van der Waals surface area contributed by atoms with Crippen LogP contribution in [0, 0.1) is 5.41 Å². The SMILES string of the molecule is CC(C)(C)c1ccc(CN[C]=N)cc1. The first kappa shape index (κ1) is 10.8. The van der Waals surface area contributed by atoms with Gasteiger partial charge < -0.3 is 5.32 Å². The lowest BCUT2D eigenvalue weighted by Crippen LogP contribution is -2.12. The van der Waals surface area contributed by atoms with Gasteiger partial charge in [0.25, 0.3) is 0 Å². The zero-order valence-corrected chi connectivity index (χ0v) is 9.02. The summed E-state index contributed by atoms with van der Waals surface area (Å²) in [7, 11) is 0. The molecule has 0 heterocycles. The van der Waals surface area contributed by atoms with Gasteiger partial charge in [0.15, 0.2) is 6.34 Å². The first-order valence-electron chi connectivity index (χ1n) is 4.78. The van der Waals surface area contributed by atoms with Crippen LogP contribution in [0.1, 0.15) is 31.9 Å². The minimum atomic E-state index is 0.208. The largest absolute Gasteiger partial charge is 0.363 e. The smallest absolute Gasteiger partial charge is 0.161 e. The van der Waals surface area contributed by atoms with E-state index in [4.69, 9.17) is 5.41 Å². The highest BCUT2D eigenvalue weighted by Crippen LogP contribution is 2.21. The van der Waals surface area contributed by atoms with Crippen molar-refractivity contribution in [3.8, 4) is 0 Å². The van der Waals surface area contributed by atoms with E-state index in [1.165, 1.54) is 11.1 Å². The second-order valence-electron chi connectivity index (χ2n) is 4.43. The Bertz CT molecular complexity index is 293. The van der Waals surface area contributed by atoms with E-state index >= 15 is 0 Å². The van der Waals surface area contributed by atoms with Crippen molar-refractivity contribution in [2.75, 3.05) is 0 Å². The summed E-state index contributed by atoms with van der Waals surface area (Å²) < 4.78 is 0. The second-order valence-corrected chi connectivity index (χ2v) is 4.43. The van der Waals surface area contributed by atoms with Gasteiger partial charge in [0.1, 0.15) is 0 Å². The summed E-state index contributed by atoms with van der Waals surface area (Å²) in [5.74, 6) is 0. The molecule has 0 aliphatic rings. The van der Waals surface area contributed by atoms with Crippen LogP contribution in [0.3, 0.4) is 0 Å². The van der Waals surface area contributed by atoms with E-state index in [1.807, 2.05) is 0 Å². The molecule has 1 rings (SSSR count). The number of nitrogens with one attached hydrogen (secondary N) is 2. The first-order valence-corrected chi connectivity index (χ1v) is 4.78. The Kier molecular flexibility index (Phi) is 3.28. The molecule has 1 aromatic carbocycles. The van der Waals surface area contributed by atoms with Gasteiger partial charge in [-0.3, -0.25) is 5.41 Å². The zero-order chi connectivity index (χ0) is 10.6. The summed E-state index contributed by atoms with van der Waals surface area (Å²) in [6.45, 7) is 7.27. The maximum Gasteiger partial charge on any atom is 0.161 e. The van der Waals surface area contributed by atoms with E-state index in [9.17, 15) is 0 Å².